The minimum Gasteiger partial charge on any atom is -0.349 e. The summed E-state index contributed by atoms with van der Waals surface area (Å²) in [5.41, 5.74) is 5.97. The zero-order valence-electron chi connectivity index (χ0n) is 14.1. The molecule has 0 aliphatic carbocycles. The summed E-state index contributed by atoms with van der Waals surface area (Å²) in [6.07, 6.45) is 1.67. The van der Waals surface area contributed by atoms with Crippen molar-refractivity contribution in [2.75, 3.05) is 13.1 Å². The highest BCUT2D eigenvalue weighted by Gasteiger charge is 2.21. The van der Waals surface area contributed by atoms with Crippen molar-refractivity contribution in [3.05, 3.63) is 39.9 Å². The first kappa shape index (κ1) is 21.7. The molecule has 0 unspecified atom stereocenters. The van der Waals surface area contributed by atoms with Crippen molar-refractivity contribution in [2.45, 2.75) is 32.6 Å². The average molecular weight is 407 g/mol. The molecule has 1 heterocycles. The Balaban J connectivity index is 0.00000312. The Morgan fingerprint density at radius 1 is 1.28 bits per heavy atom. The van der Waals surface area contributed by atoms with E-state index in [9.17, 15) is 4.79 Å². The Morgan fingerprint density at radius 2 is 1.92 bits per heavy atom. The summed E-state index contributed by atoms with van der Waals surface area (Å²) < 4.78 is 1.55. The summed E-state index contributed by atoms with van der Waals surface area (Å²) in [5.74, 6) is 0.444. The van der Waals surface area contributed by atoms with Crippen molar-refractivity contribution >= 4 is 41.5 Å². The third-order valence-corrected chi connectivity index (χ3v) is 4.03. The number of nitrogens with two attached hydrogens (primary N) is 1. The van der Waals surface area contributed by atoms with Gasteiger partial charge in [0.05, 0.1) is 10.0 Å². The number of carbonyl (C=O) groups excluding carboxylic acids is 1. The van der Waals surface area contributed by atoms with Crippen LogP contribution in [0.3, 0.4) is 0 Å². The van der Waals surface area contributed by atoms with E-state index in [0.29, 0.717) is 34.6 Å². The molecule has 3 N–H and O–H groups in total. The number of amides is 1. The lowest BCUT2D eigenvalue weighted by Crippen LogP contribution is -2.26. The van der Waals surface area contributed by atoms with E-state index in [1.54, 1.807) is 22.9 Å². The number of rotatable bonds is 7. The molecular formula is C16H22Cl3N5O. The Hall–Kier alpha value is -1.34. The van der Waals surface area contributed by atoms with Gasteiger partial charge < -0.3 is 11.1 Å². The van der Waals surface area contributed by atoms with E-state index >= 15 is 0 Å². The summed E-state index contributed by atoms with van der Waals surface area (Å²) >= 11 is 12.5. The highest BCUT2D eigenvalue weighted by molar-refractivity contribution is 6.37. The average Bonchev–Trinajstić information content (AvgIpc) is 2.96. The SMILES string of the molecule is CC(C)c1nc(C(=O)NCCCCN)nn1-c1c(Cl)cccc1Cl.Cl. The van der Waals surface area contributed by atoms with Gasteiger partial charge in [-0.3, -0.25) is 4.79 Å². The molecule has 1 aromatic carbocycles. The highest BCUT2D eigenvalue weighted by Crippen LogP contribution is 2.30. The molecule has 0 bridgehead atoms. The van der Waals surface area contributed by atoms with Crippen molar-refractivity contribution in [1.29, 1.82) is 0 Å². The Kier molecular flexibility index (Phi) is 8.65. The third-order valence-electron chi connectivity index (χ3n) is 3.42. The molecule has 2 aromatic rings. The number of carbonyl (C=O) groups is 1. The number of halogens is 3. The van der Waals surface area contributed by atoms with Crippen molar-refractivity contribution in [3.63, 3.8) is 0 Å². The first-order valence-corrected chi connectivity index (χ1v) is 8.61. The Labute approximate surface area is 163 Å². The lowest BCUT2D eigenvalue weighted by Gasteiger charge is -2.11. The monoisotopic (exact) mass is 405 g/mol. The quantitative estimate of drug-likeness (QED) is 0.688. The fraction of sp³-hybridized carbons (Fsp3) is 0.438. The maximum absolute atomic E-state index is 12.3. The van der Waals surface area contributed by atoms with E-state index in [4.69, 9.17) is 28.9 Å². The first-order chi connectivity index (χ1) is 11.5. The number of hydrogen-bond donors (Lipinski definition) is 2. The molecule has 0 radical (unpaired) electrons. The fourth-order valence-electron chi connectivity index (χ4n) is 2.20. The van der Waals surface area contributed by atoms with Gasteiger partial charge in [0.15, 0.2) is 0 Å². The summed E-state index contributed by atoms with van der Waals surface area (Å²) in [6.45, 7) is 5.07. The van der Waals surface area contributed by atoms with E-state index in [2.05, 4.69) is 15.4 Å². The largest absolute Gasteiger partial charge is 0.349 e. The molecule has 0 spiro atoms. The predicted octanol–water partition coefficient (Wildman–Crippen LogP) is 3.59. The van der Waals surface area contributed by atoms with E-state index < -0.39 is 0 Å². The van der Waals surface area contributed by atoms with Crippen LogP contribution in [0.15, 0.2) is 18.2 Å². The molecule has 25 heavy (non-hydrogen) atoms. The summed E-state index contributed by atoms with van der Waals surface area (Å²) in [6, 6.07) is 5.20. The van der Waals surface area contributed by atoms with Crippen molar-refractivity contribution in [1.82, 2.24) is 20.1 Å². The smallest absolute Gasteiger partial charge is 0.290 e. The number of hydrogen-bond acceptors (Lipinski definition) is 4. The molecule has 6 nitrogen and oxygen atoms in total. The summed E-state index contributed by atoms with van der Waals surface area (Å²) in [5, 5.41) is 8.01. The van der Waals surface area contributed by atoms with Gasteiger partial charge in [-0.05, 0) is 31.5 Å². The van der Waals surface area contributed by atoms with Crippen LogP contribution in [0.1, 0.15) is 49.1 Å². The van der Waals surface area contributed by atoms with Crippen LogP contribution in [-0.2, 0) is 0 Å². The van der Waals surface area contributed by atoms with Crippen molar-refractivity contribution < 1.29 is 4.79 Å². The summed E-state index contributed by atoms with van der Waals surface area (Å²) in [4.78, 5) is 16.6. The predicted molar refractivity (Wildman–Crippen MR) is 103 cm³/mol. The van der Waals surface area contributed by atoms with Crippen LogP contribution in [0.5, 0.6) is 0 Å². The fourth-order valence-corrected chi connectivity index (χ4v) is 2.76. The number of para-hydroxylation sites is 1. The highest BCUT2D eigenvalue weighted by atomic mass is 35.5. The molecule has 2 rings (SSSR count). The van der Waals surface area contributed by atoms with Crippen LogP contribution in [0.25, 0.3) is 5.69 Å². The van der Waals surface area contributed by atoms with Gasteiger partial charge >= 0.3 is 0 Å². The van der Waals surface area contributed by atoms with Gasteiger partial charge in [-0.15, -0.1) is 17.5 Å². The van der Waals surface area contributed by atoms with Crippen molar-refractivity contribution in [2.24, 2.45) is 5.73 Å². The van der Waals surface area contributed by atoms with Gasteiger partial charge in [-0.2, -0.15) is 0 Å². The number of nitrogens with zero attached hydrogens (tertiary/aromatic N) is 3. The number of unbranched alkanes of at least 4 members (excludes halogenated alkanes) is 1. The van der Waals surface area contributed by atoms with Crippen LogP contribution < -0.4 is 11.1 Å². The Bertz CT molecular complexity index is 698. The van der Waals surface area contributed by atoms with Crippen LogP contribution in [0.2, 0.25) is 10.0 Å². The van der Waals surface area contributed by atoms with E-state index in [0.717, 1.165) is 12.8 Å². The lowest BCUT2D eigenvalue weighted by molar-refractivity contribution is 0.0942. The molecule has 9 heteroatoms. The molecule has 0 aliphatic heterocycles. The van der Waals surface area contributed by atoms with Gasteiger partial charge in [-0.25, -0.2) is 9.67 Å². The minimum absolute atomic E-state index is 0. The van der Waals surface area contributed by atoms with Gasteiger partial charge in [0, 0.05) is 12.5 Å². The molecule has 0 fully saturated rings. The van der Waals surface area contributed by atoms with E-state index in [-0.39, 0.29) is 30.1 Å². The van der Waals surface area contributed by atoms with Crippen LogP contribution >= 0.6 is 35.6 Å². The first-order valence-electron chi connectivity index (χ1n) is 7.85. The van der Waals surface area contributed by atoms with Crippen LogP contribution in [0.4, 0.5) is 0 Å². The Morgan fingerprint density at radius 3 is 2.48 bits per heavy atom. The molecule has 138 valence electrons. The molecule has 0 aliphatic rings. The second kappa shape index (κ2) is 9.97. The molecule has 0 atom stereocenters. The van der Waals surface area contributed by atoms with Crippen LogP contribution in [-0.4, -0.2) is 33.8 Å². The normalized spacial score (nSPS) is 10.6. The van der Waals surface area contributed by atoms with Crippen LogP contribution in [0, 0.1) is 0 Å². The molecule has 0 saturated heterocycles. The lowest BCUT2D eigenvalue weighted by atomic mass is 10.2. The number of benzene rings is 1. The van der Waals surface area contributed by atoms with Gasteiger partial charge in [-0.1, -0.05) is 43.1 Å². The molecule has 0 saturated carbocycles. The summed E-state index contributed by atoms with van der Waals surface area (Å²) in [7, 11) is 0. The standard InChI is InChI=1S/C16H21Cl2N5O.ClH/c1-10(2)15-21-14(16(24)20-9-4-3-8-19)22-23(15)13-11(17)6-5-7-12(13)18;/h5-7,10H,3-4,8-9,19H2,1-2H3,(H,20,24);1H. The van der Waals surface area contributed by atoms with Gasteiger partial charge in [0.2, 0.25) is 5.82 Å². The zero-order chi connectivity index (χ0) is 17.7. The van der Waals surface area contributed by atoms with Gasteiger partial charge in [0.25, 0.3) is 5.91 Å². The van der Waals surface area contributed by atoms with E-state index in [1.165, 1.54) is 0 Å². The molecule has 1 aromatic heterocycles. The maximum Gasteiger partial charge on any atom is 0.290 e. The van der Waals surface area contributed by atoms with Crippen molar-refractivity contribution in [3.8, 4) is 5.69 Å². The topological polar surface area (TPSA) is 85.8 Å². The van der Waals surface area contributed by atoms with E-state index in [1.807, 2.05) is 13.8 Å². The molecular weight excluding hydrogens is 385 g/mol. The second-order valence-corrected chi connectivity index (χ2v) is 6.50. The zero-order valence-corrected chi connectivity index (χ0v) is 16.5. The van der Waals surface area contributed by atoms with Gasteiger partial charge in [0.1, 0.15) is 11.5 Å². The number of nitrogens with one attached hydrogen (secondary N) is 1. The third kappa shape index (κ3) is 5.31. The number of aromatic nitrogens is 3. The maximum atomic E-state index is 12.3. The molecule has 1 amide bonds. The minimum atomic E-state index is -0.323. The second-order valence-electron chi connectivity index (χ2n) is 5.68.